The van der Waals surface area contributed by atoms with Gasteiger partial charge in [-0.15, -0.1) is 11.3 Å². The third-order valence-corrected chi connectivity index (χ3v) is 5.31. The minimum atomic E-state index is -0.160. The molecule has 1 aromatic heterocycles. The monoisotopic (exact) mass is 253 g/mol. The van der Waals surface area contributed by atoms with Gasteiger partial charge in [0, 0.05) is 23.7 Å². The molecule has 0 amide bonds. The molecule has 1 fully saturated rings. The molecule has 2 rings (SSSR count). The molecule has 1 atom stereocenters. The van der Waals surface area contributed by atoms with Crippen LogP contribution in [0.3, 0.4) is 0 Å². The van der Waals surface area contributed by atoms with Crippen molar-refractivity contribution in [2.75, 3.05) is 6.54 Å². The first-order valence-electron chi connectivity index (χ1n) is 6.27. The maximum atomic E-state index is 4.49. The first-order valence-corrected chi connectivity index (χ1v) is 7.15. The fourth-order valence-electron chi connectivity index (χ4n) is 2.27. The second kappa shape index (κ2) is 4.04. The lowest BCUT2D eigenvalue weighted by Gasteiger charge is -2.54. The molecule has 1 aliphatic heterocycles. The van der Waals surface area contributed by atoms with Crippen LogP contribution in [0.5, 0.6) is 0 Å². The summed E-state index contributed by atoms with van der Waals surface area (Å²) in [5, 5.41) is 10.6. The Balaban J connectivity index is 2.34. The van der Waals surface area contributed by atoms with Crippen molar-refractivity contribution in [2.45, 2.75) is 52.2 Å². The van der Waals surface area contributed by atoms with Gasteiger partial charge in [0.15, 0.2) is 0 Å². The molecule has 4 heteroatoms. The van der Waals surface area contributed by atoms with Crippen molar-refractivity contribution < 1.29 is 0 Å². The summed E-state index contributed by atoms with van der Waals surface area (Å²) in [6, 6.07) is 0. The average Bonchev–Trinajstić information content (AvgIpc) is 2.76. The number of aromatic nitrogens is 1. The van der Waals surface area contributed by atoms with Crippen LogP contribution in [0.4, 0.5) is 0 Å². The Labute approximate surface area is 108 Å². The van der Waals surface area contributed by atoms with Crippen molar-refractivity contribution in [1.82, 2.24) is 15.6 Å². The second-order valence-electron chi connectivity index (χ2n) is 6.08. The third-order valence-electron chi connectivity index (χ3n) is 4.38. The molecule has 17 heavy (non-hydrogen) atoms. The summed E-state index contributed by atoms with van der Waals surface area (Å²) in [5.74, 6) is 0. The molecular weight excluding hydrogens is 230 g/mol. The Hall–Kier alpha value is -0.450. The van der Waals surface area contributed by atoms with Crippen LogP contribution in [0.2, 0.25) is 0 Å². The van der Waals surface area contributed by atoms with Crippen LogP contribution >= 0.6 is 11.3 Å². The lowest BCUT2D eigenvalue weighted by atomic mass is 9.71. The minimum Gasteiger partial charge on any atom is -0.293 e. The standard InChI is InChI=1S/C13H23N3S/c1-6-13(10-14-7-8-17-10)15-9-11(2,3)12(4,5)16-13/h7-8,15-16H,6,9H2,1-5H3. The van der Waals surface area contributed by atoms with Gasteiger partial charge in [0.1, 0.15) is 10.7 Å². The van der Waals surface area contributed by atoms with Crippen LogP contribution in [0.1, 0.15) is 46.0 Å². The molecule has 0 spiro atoms. The largest absolute Gasteiger partial charge is 0.293 e. The highest BCUT2D eigenvalue weighted by Crippen LogP contribution is 2.39. The summed E-state index contributed by atoms with van der Waals surface area (Å²) in [4.78, 5) is 4.49. The van der Waals surface area contributed by atoms with Gasteiger partial charge in [0.25, 0.3) is 0 Å². The van der Waals surface area contributed by atoms with Crippen molar-refractivity contribution in [3.05, 3.63) is 16.6 Å². The molecule has 0 radical (unpaired) electrons. The van der Waals surface area contributed by atoms with Gasteiger partial charge in [-0.05, 0) is 25.7 Å². The Morgan fingerprint density at radius 3 is 2.53 bits per heavy atom. The van der Waals surface area contributed by atoms with Gasteiger partial charge >= 0.3 is 0 Å². The summed E-state index contributed by atoms with van der Waals surface area (Å²) in [6.07, 6.45) is 2.88. The topological polar surface area (TPSA) is 37.0 Å². The molecule has 96 valence electrons. The van der Waals surface area contributed by atoms with Crippen molar-refractivity contribution >= 4 is 11.3 Å². The Morgan fingerprint density at radius 1 is 1.35 bits per heavy atom. The molecular formula is C13H23N3S. The molecule has 0 saturated carbocycles. The van der Waals surface area contributed by atoms with Gasteiger partial charge < -0.3 is 0 Å². The summed E-state index contributed by atoms with van der Waals surface area (Å²) in [5.41, 5.74) is 0.149. The van der Waals surface area contributed by atoms with Gasteiger partial charge in [-0.1, -0.05) is 20.8 Å². The fraction of sp³-hybridized carbons (Fsp3) is 0.769. The van der Waals surface area contributed by atoms with Crippen LogP contribution < -0.4 is 10.6 Å². The average molecular weight is 253 g/mol. The first kappa shape index (κ1) is 13.0. The van der Waals surface area contributed by atoms with Crippen molar-refractivity contribution in [3.63, 3.8) is 0 Å². The van der Waals surface area contributed by atoms with Crippen LogP contribution in [-0.2, 0) is 5.66 Å². The molecule has 2 heterocycles. The van der Waals surface area contributed by atoms with E-state index in [9.17, 15) is 0 Å². The van der Waals surface area contributed by atoms with Gasteiger partial charge in [0.05, 0.1) is 0 Å². The summed E-state index contributed by atoms with van der Waals surface area (Å²) in [7, 11) is 0. The van der Waals surface area contributed by atoms with Gasteiger partial charge in [0.2, 0.25) is 0 Å². The lowest BCUT2D eigenvalue weighted by Crippen LogP contribution is -2.72. The smallest absolute Gasteiger partial charge is 0.127 e. The summed E-state index contributed by atoms with van der Waals surface area (Å²) >= 11 is 1.72. The fourth-order valence-corrected chi connectivity index (χ4v) is 3.11. The van der Waals surface area contributed by atoms with E-state index < -0.39 is 0 Å². The summed E-state index contributed by atoms with van der Waals surface area (Å²) in [6.45, 7) is 12.4. The van der Waals surface area contributed by atoms with E-state index >= 15 is 0 Å². The lowest BCUT2D eigenvalue weighted by molar-refractivity contribution is 0.0195. The predicted molar refractivity (Wildman–Crippen MR) is 73.1 cm³/mol. The van der Waals surface area contributed by atoms with Crippen molar-refractivity contribution in [1.29, 1.82) is 0 Å². The third kappa shape index (κ3) is 2.02. The maximum absolute atomic E-state index is 4.49. The van der Waals surface area contributed by atoms with E-state index in [2.05, 4.69) is 50.2 Å². The highest BCUT2D eigenvalue weighted by molar-refractivity contribution is 7.09. The SMILES string of the molecule is CCC1(c2nccs2)NCC(C)(C)C(C)(C)N1. The number of hydrogen-bond acceptors (Lipinski definition) is 4. The minimum absolute atomic E-state index is 0.0833. The van der Waals surface area contributed by atoms with Gasteiger partial charge in [-0.3, -0.25) is 10.6 Å². The molecule has 3 nitrogen and oxygen atoms in total. The van der Waals surface area contributed by atoms with E-state index in [1.54, 1.807) is 11.3 Å². The summed E-state index contributed by atoms with van der Waals surface area (Å²) < 4.78 is 0. The molecule has 1 aromatic rings. The van der Waals surface area contributed by atoms with E-state index in [-0.39, 0.29) is 16.6 Å². The zero-order valence-electron chi connectivity index (χ0n) is 11.4. The highest BCUT2D eigenvalue weighted by Gasteiger charge is 2.49. The molecule has 1 unspecified atom stereocenters. The van der Waals surface area contributed by atoms with Crippen LogP contribution in [-0.4, -0.2) is 17.1 Å². The predicted octanol–water partition coefficient (Wildman–Crippen LogP) is 2.70. The quantitative estimate of drug-likeness (QED) is 0.851. The first-order chi connectivity index (χ1) is 7.83. The van der Waals surface area contributed by atoms with Gasteiger partial charge in [-0.25, -0.2) is 4.98 Å². The van der Waals surface area contributed by atoms with E-state index in [4.69, 9.17) is 0 Å². The van der Waals surface area contributed by atoms with E-state index in [0.29, 0.717) is 0 Å². The zero-order valence-corrected chi connectivity index (χ0v) is 12.2. The normalized spacial score (nSPS) is 31.4. The number of rotatable bonds is 2. The molecule has 2 N–H and O–H groups in total. The second-order valence-corrected chi connectivity index (χ2v) is 6.98. The molecule has 1 aliphatic rings. The Kier molecular flexibility index (Phi) is 3.09. The number of hydrogen-bond donors (Lipinski definition) is 2. The highest BCUT2D eigenvalue weighted by atomic mass is 32.1. The zero-order chi connectivity index (χ0) is 12.7. The van der Waals surface area contributed by atoms with Crippen LogP contribution in [0, 0.1) is 5.41 Å². The molecule has 0 bridgehead atoms. The van der Waals surface area contributed by atoms with E-state index in [0.717, 1.165) is 18.0 Å². The number of thiazole rings is 1. The van der Waals surface area contributed by atoms with Gasteiger partial charge in [-0.2, -0.15) is 0 Å². The van der Waals surface area contributed by atoms with Crippen molar-refractivity contribution in [3.8, 4) is 0 Å². The van der Waals surface area contributed by atoms with E-state index in [1.165, 1.54) is 0 Å². The van der Waals surface area contributed by atoms with Crippen LogP contribution in [0.25, 0.3) is 0 Å². The Bertz CT molecular complexity index is 383. The Morgan fingerprint density at radius 2 is 2.06 bits per heavy atom. The van der Waals surface area contributed by atoms with Crippen LogP contribution in [0.15, 0.2) is 11.6 Å². The maximum Gasteiger partial charge on any atom is 0.127 e. The molecule has 0 aliphatic carbocycles. The van der Waals surface area contributed by atoms with Crippen molar-refractivity contribution in [2.24, 2.45) is 5.41 Å². The van der Waals surface area contributed by atoms with E-state index in [1.807, 2.05) is 11.6 Å². The number of nitrogens with one attached hydrogen (secondary N) is 2. The molecule has 0 aromatic carbocycles. The number of nitrogens with zero attached hydrogens (tertiary/aromatic N) is 1. The molecule has 1 saturated heterocycles.